The predicted octanol–water partition coefficient (Wildman–Crippen LogP) is 4.28. The Morgan fingerprint density at radius 2 is 1.94 bits per heavy atom. The van der Waals surface area contributed by atoms with Crippen LogP contribution < -0.4 is 10.6 Å². The number of carbonyl (C=O) groups is 2. The van der Waals surface area contributed by atoms with E-state index < -0.39 is 0 Å². The molecule has 2 amide bonds. The van der Waals surface area contributed by atoms with Crippen LogP contribution in [0.15, 0.2) is 83.9 Å². The molecule has 1 fully saturated rings. The summed E-state index contributed by atoms with van der Waals surface area (Å²) in [7, 11) is 0. The SMILES string of the molecule is O=C(NC1CC1)c1cccc(NC(=O)c2cc(-c3cccnc3)nc3c2cnn3Cc2ccco2)c1. The Kier molecular flexibility index (Phi) is 5.49. The number of rotatable bonds is 7. The standard InChI is InChI=1S/C27H22N6O3/c34-26(30-19-8-9-19)17-4-1-6-20(12-17)31-27(35)22-13-24(18-5-2-10-28-14-18)32-25-23(22)15-29-33(25)16-21-7-3-11-36-21/h1-7,10-15,19H,8-9,16H2,(H,30,34)(H,31,35). The fraction of sp³-hybridized carbons (Fsp3) is 0.148. The van der Waals surface area contributed by atoms with Gasteiger partial charge in [0.25, 0.3) is 11.8 Å². The van der Waals surface area contributed by atoms with Crippen LogP contribution in [0.2, 0.25) is 0 Å². The van der Waals surface area contributed by atoms with Crippen molar-refractivity contribution in [3.63, 3.8) is 0 Å². The lowest BCUT2D eigenvalue weighted by molar-refractivity contribution is 0.0949. The van der Waals surface area contributed by atoms with Crippen LogP contribution in [0.1, 0.15) is 39.3 Å². The van der Waals surface area contributed by atoms with Crippen LogP contribution in [0.3, 0.4) is 0 Å². The van der Waals surface area contributed by atoms with Crippen LogP contribution in [0.25, 0.3) is 22.3 Å². The molecule has 1 aliphatic rings. The zero-order chi connectivity index (χ0) is 24.5. The second-order valence-electron chi connectivity index (χ2n) is 8.70. The summed E-state index contributed by atoms with van der Waals surface area (Å²) in [5, 5.41) is 11.0. The molecule has 0 saturated heterocycles. The van der Waals surface area contributed by atoms with Gasteiger partial charge in [-0.05, 0) is 61.4 Å². The highest BCUT2D eigenvalue weighted by Gasteiger charge is 2.24. The second kappa shape index (κ2) is 9.10. The number of pyridine rings is 2. The number of furan rings is 1. The number of amides is 2. The van der Waals surface area contributed by atoms with Gasteiger partial charge in [-0.3, -0.25) is 14.6 Å². The Morgan fingerprint density at radius 1 is 1.03 bits per heavy atom. The molecule has 1 aromatic carbocycles. The highest BCUT2D eigenvalue weighted by Crippen LogP contribution is 2.26. The van der Waals surface area contributed by atoms with E-state index in [1.54, 1.807) is 59.9 Å². The van der Waals surface area contributed by atoms with Crippen molar-refractivity contribution in [1.82, 2.24) is 25.1 Å². The summed E-state index contributed by atoms with van der Waals surface area (Å²) in [4.78, 5) is 34.9. The van der Waals surface area contributed by atoms with Gasteiger partial charge in [-0.1, -0.05) is 6.07 Å². The third-order valence-corrected chi connectivity index (χ3v) is 5.99. The van der Waals surface area contributed by atoms with E-state index in [0.29, 0.717) is 40.1 Å². The average Bonchev–Trinajstić information content (AvgIpc) is 3.40. The van der Waals surface area contributed by atoms with Crippen molar-refractivity contribution >= 4 is 28.5 Å². The Bertz CT molecular complexity index is 1560. The number of aromatic nitrogens is 4. The molecule has 0 radical (unpaired) electrons. The first kappa shape index (κ1) is 21.7. The molecule has 4 heterocycles. The van der Waals surface area contributed by atoms with Crippen LogP contribution in [0.4, 0.5) is 5.69 Å². The second-order valence-corrected chi connectivity index (χ2v) is 8.70. The van der Waals surface area contributed by atoms with E-state index in [0.717, 1.165) is 24.2 Å². The number of nitrogens with zero attached hydrogens (tertiary/aromatic N) is 4. The molecule has 9 heteroatoms. The summed E-state index contributed by atoms with van der Waals surface area (Å²) in [6, 6.07) is 16.3. The highest BCUT2D eigenvalue weighted by atomic mass is 16.3. The average molecular weight is 479 g/mol. The van der Waals surface area contributed by atoms with E-state index in [-0.39, 0.29) is 17.9 Å². The lowest BCUT2D eigenvalue weighted by Gasteiger charge is -2.11. The number of carbonyl (C=O) groups excluding carboxylic acids is 2. The van der Waals surface area contributed by atoms with Crippen LogP contribution >= 0.6 is 0 Å². The highest BCUT2D eigenvalue weighted by molar-refractivity contribution is 6.13. The van der Waals surface area contributed by atoms with Crippen molar-refractivity contribution in [2.75, 3.05) is 5.32 Å². The summed E-state index contributed by atoms with van der Waals surface area (Å²) in [6.45, 7) is 0.374. The van der Waals surface area contributed by atoms with Crippen LogP contribution in [0, 0.1) is 0 Å². The van der Waals surface area contributed by atoms with Crippen molar-refractivity contribution in [2.45, 2.75) is 25.4 Å². The number of anilines is 1. The third-order valence-electron chi connectivity index (χ3n) is 5.99. The number of nitrogens with one attached hydrogen (secondary N) is 2. The number of benzene rings is 1. The van der Waals surface area contributed by atoms with Crippen molar-refractivity contribution in [3.8, 4) is 11.3 Å². The first-order valence-electron chi connectivity index (χ1n) is 11.7. The van der Waals surface area contributed by atoms with E-state index in [9.17, 15) is 9.59 Å². The van der Waals surface area contributed by atoms with E-state index in [4.69, 9.17) is 9.40 Å². The van der Waals surface area contributed by atoms with Gasteiger partial charge >= 0.3 is 0 Å². The van der Waals surface area contributed by atoms with Crippen molar-refractivity contribution in [2.24, 2.45) is 0 Å². The lowest BCUT2D eigenvalue weighted by atomic mass is 10.1. The summed E-state index contributed by atoms with van der Waals surface area (Å²) in [5.74, 6) is 0.253. The van der Waals surface area contributed by atoms with E-state index >= 15 is 0 Å². The van der Waals surface area contributed by atoms with E-state index in [1.165, 1.54) is 0 Å². The van der Waals surface area contributed by atoms with Gasteiger partial charge in [-0.15, -0.1) is 0 Å². The fourth-order valence-electron chi connectivity index (χ4n) is 4.00. The first-order valence-corrected chi connectivity index (χ1v) is 11.7. The molecule has 36 heavy (non-hydrogen) atoms. The smallest absolute Gasteiger partial charge is 0.256 e. The van der Waals surface area contributed by atoms with Gasteiger partial charge in [0, 0.05) is 35.2 Å². The molecular weight excluding hydrogens is 456 g/mol. The molecule has 0 aliphatic heterocycles. The normalized spacial score (nSPS) is 13.0. The van der Waals surface area contributed by atoms with Gasteiger partial charge in [0.15, 0.2) is 5.65 Å². The minimum absolute atomic E-state index is 0.141. The van der Waals surface area contributed by atoms with Gasteiger partial charge in [0.2, 0.25) is 0 Å². The molecule has 0 unspecified atom stereocenters. The number of hydrogen-bond acceptors (Lipinski definition) is 6. The molecule has 9 nitrogen and oxygen atoms in total. The molecule has 6 rings (SSSR count). The minimum atomic E-state index is -0.329. The Labute approximate surface area is 206 Å². The summed E-state index contributed by atoms with van der Waals surface area (Å²) in [6.07, 6.45) is 8.63. The molecular formula is C27H22N6O3. The van der Waals surface area contributed by atoms with Gasteiger partial charge in [-0.2, -0.15) is 5.10 Å². The minimum Gasteiger partial charge on any atom is -0.467 e. The molecule has 0 atom stereocenters. The van der Waals surface area contributed by atoms with Gasteiger partial charge in [0.05, 0.1) is 29.1 Å². The monoisotopic (exact) mass is 478 g/mol. The Morgan fingerprint density at radius 3 is 2.72 bits per heavy atom. The van der Waals surface area contributed by atoms with Crippen molar-refractivity contribution < 1.29 is 14.0 Å². The van der Waals surface area contributed by atoms with Gasteiger partial charge < -0.3 is 15.1 Å². The van der Waals surface area contributed by atoms with Crippen LogP contribution in [0.5, 0.6) is 0 Å². The maximum absolute atomic E-state index is 13.5. The van der Waals surface area contributed by atoms with E-state index in [2.05, 4.69) is 20.7 Å². The van der Waals surface area contributed by atoms with E-state index in [1.807, 2.05) is 24.3 Å². The molecule has 1 aliphatic carbocycles. The number of fused-ring (bicyclic) bond motifs is 1. The molecule has 2 N–H and O–H groups in total. The fourth-order valence-corrected chi connectivity index (χ4v) is 4.00. The molecule has 0 spiro atoms. The largest absolute Gasteiger partial charge is 0.467 e. The topological polar surface area (TPSA) is 115 Å². The first-order chi connectivity index (χ1) is 17.6. The molecule has 1 saturated carbocycles. The number of hydrogen-bond donors (Lipinski definition) is 2. The Hall–Kier alpha value is -4.79. The van der Waals surface area contributed by atoms with Crippen LogP contribution in [-0.2, 0) is 6.54 Å². The van der Waals surface area contributed by atoms with Crippen molar-refractivity contribution in [3.05, 3.63) is 96.3 Å². The Balaban J connectivity index is 1.36. The zero-order valence-corrected chi connectivity index (χ0v) is 19.2. The molecule has 178 valence electrons. The quantitative estimate of drug-likeness (QED) is 0.361. The maximum atomic E-state index is 13.5. The van der Waals surface area contributed by atoms with Crippen LogP contribution in [-0.4, -0.2) is 37.6 Å². The molecule has 5 aromatic rings. The maximum Gasteiger partial charge on any atom is 0.256 e. The zero-order valence-electron chi connectivity index (χ0n) is 19.2. The third kappa shape index (κ3) is 4.46. The van der Waals surface area contributed by atoms with Gasteiger partial charge in [0.1, 0.15) is 12.3 Å². The van der Waals surface area contributed by atoms with Gasteiger partial charge in [-0.25, -0.2) is 9.67 Å². The van der Waals surface area contributed by atoms with Crippen molar-refractivity contribution in [1.29, 1.82) is 0 Å². The summed E-state index contributed by atoms with van der Waals surface area (Å²) < 4.78 is 7.18. The summed E-state index contributed by atoms with van der Waals surface area (Å²) >= 11 is 0. The summed E-state index contributed by atoms with van der Waals surface area (Å²) in [5.41, 5.74) is 3.37. The predicted molar refractivity (Wildman–Crippen MR) is 133 cm³/mol. The molecule has 4 aromatic heterocycles. The molecule has 0 bridgehead atoms. The lowest BCUT2D eigenvalue weighted by Crippen LogP contribution is -2.25.